The van der Waals surface area contributed by atoms with E-state index < -0.39 is 50.3 Å². The van der Waals surface area contributed by atoms with E-state index in [0.29, 0.717) is 25.3 Å². The van der Waals surface area contributed by atoms with Gasteiger partial charge in [0.05, 0.1) is 22.3 Å². The standard InChI is InChI=1S/C41H54N6O6S/c1-26(2)31-18-14-20-33-35(31)43-39(47(33)27(3)4)53-30-23-34-36(48)44-41(38(50)45-54(51,52)40(5)21-22-40)24-28(41)15-10-7-6-8-13-19-32(37(49)46(34)25-30)42-29-16-11-9-12-17-29/h9-12,14-18,20,26-28,30,32,34,42H,6-8,13,19,21-25H2,1-5H3,(H,44,48)(H,45,50)/b15-10-/t28-,30+,32-,34-,41+/m0/s1. The van der Waals surface area contributed by atoms with Crippen molar-refractivity contribution in [3.63, 3.8) is 0 Å². The van der Waals surface area contributed by atoms with Crippen LogP contribution in [0, 0.1) is 5.92 Å². The zero-order valence-electron chi connectivity index (χ0n) is 32.0. The molecule has 3 heterocycles. The molecule has 12 nitrogen and oxygen atoms in total. The van der Waals surface area contributed by atoms with Gasteiger partial charge in [0, 0.05) is 24.1 Å². The van der Waals surface area contributed by atoms with E-state index in [1.165, 1.54) is 0 Å². The number of ether oxygens (including phenoxy) is 1. The lowest BCUT2D eigenvalue weighted by molar-refractivity contribution is -0.140. The second-order valence-corrected chi connectivity index (χ2v) is 18.7. The van der Waals surface area contributed by atoms with Crippen LogP contribution in [0.5, 0.6) is 6.01 Å². The van der Waals surface area contributed by atoms with Gasteiger partial charge in [-0.15, -0.1) is 0 Å². The van der Waals surface area contributed by atoms with E-state index in [2.05, 4.69) is 53.7 Å². The fourth-order valence-electron chi connectivity index (χ4n) is 8.00. The molecule has 7 rings (SSSR count). The monoisotopic (exact) mass is 758 g/mol. The second-order valence-electron chi connectivity index (χ2n) is 16.5. The quantitative estimate of drug-likeness (QED) is 0.226. The highest BCUT2D eigenvalue weighted by molar-refractivity contribution is 7.91. The van der Waals surface area contributed by atoms with Crippen LogP contribution in [0.4, 0.5) is 5.69 Å². The molecule has 2 aromatic carbocycles. The van der Waals surface area contributed by atoms with Gasteiger partial charge in [-0.2, -0.15) is 4.98 Å². The lowest BCUT2D eigenvalue weighted by Gasteiger charge is -2.30. The number of allylic oxidation sites excluding steroid dienone is 1. The Labute approximate surface area is 318 Å². The predicted molar refractivity (Wildman–Crippen MR) is 209 cm³/mol. The first kappa shape index (κ1) is 37.9. The van der Waals surface area contributed by atoms with E-state index in [1.807, 2.05) is 54.6 Å². The van der Waals surface area contributed by atoms with Crippen molar-refractivity contribution in [1.82, 2.24) is 24.5 Å². The van der Waals surface area contributed by atoms with Crippen LogP contribution in [-0.2, 0) is 24.4 Å². The Morgan fingerprint density at radius 1 is 1.02 bits per heavy atom. The molecule has 0 bridgehead atoms. The summed E-state index contributed by atoms with van der Waals surface area (Å²) < 4.78 is 36.4. The SMILES string of the molecule is CC(C)c1cccc2c1nc(O[C@@H]1C[C@H]3C(=O)N[C@]4(C(=O)NS(=O)(=O)C5(C)CC5)C[C@@H]4/C=C\CCCCC[C@H](Nc4ccccc4)C(=O)N3C1)n2C(C)C. The lowest BCUT2D eigenvalue weighted by atomic mass is 10.0. The Bertz CT molecular complexity index is 2040. The fourth-order valence-corrected chi connectivity index (χ4v) is 9.31. The number of anilines is 1. The molecule has 13 heteroatoms. The van der Waals surface area contributed by atoms with Crippen LogP contribution in [0.2, 0.25) is 0 Å². The third kappa shape index (κ3) is 7.35. The minimum Gasteiger partial charge on any atom is -0.459 e. The molecule has 3 aromatic rings. The average Bonchev–Trinajstić information content (AvgIpc) is 3.95. The number of amides is 3. The number of benzene rings is 2. The number of nitrogens with one attached hydrogen (secondary N) is 3. The summed E-state index contributed by atoms with van der Waals surface area (Å²) in [6, 6.07) is 14.6. The second kappa shape index (κ2) is 14.7. The number of aromatic nitrogens is 2. The third-order valence-corrected chi connectivity index (χ3v) is 13.9. The zero-order chi connectivity index (χ0) is 38.4. The minimum absolute atomic E-state index is 0.0241. The van der Waals surface area contributed by atoms with Crippen molar-refractivity contribution in [3.8, 4) is 6.01 Å². The maximum absolute atomic E-state index is 14.7. The highest BCUT2D eigenvalue weighted by Crippen LogP contribution is 2.47. The Kier molecular flexibility index (Phi) is 10.3. The minimum atomic E-state index is -3.94. The number of nitrogens with zero attached hydrogens (tertiary/aromatic N) is 3. The number of carbonyl (C=O) groups excluding carboxylic acids is 3. The molecule has 290 valence electrons. The molecule has 2 aliphatic heterocycles. The molecule has 3 amide bonds. The van der Waals surface area contributed by atoms with Crippen LogP contribution < -0.4 is 20.1 Å². The zero-order valence-corrected chi connectivity index (χ0v) is 32.8. The van der Waals surface area contributed by atoms with Gasteiger partial charge in [0.1, 0.15) is 23.7 Å². The van der Waals surface area contributed by atoms with Gasteiger partial charge < -0.3 is 20.3 Å². The molecule has 0 spiro atoms. The first-order valence-electron chi connectivity index (χ1n) is 19.6. The van der Waals surface area contributed by atoms with Crippen LogP contribution in [0.25, 0.3) is 11.0 Å². The number of hydrogen-bond acceptors (Lipinski definition) is 8. The summed E-state index contributed by atoms with van der Waals surface area (Å²) in [7, 11) is -3.94. The summed E-state index contributed by atoms with van der Waals surface area (Å²) in [6.45, 7) is 10.2. The summed E-state index contributed by atoms with van der Waals surface area (Å²) >= 11 is 0. The molecule has 1 aromatic heterocycles. The maximum atomic E-state index is 14.7. The summed E-state index contributed by atoms with van der Waals surface area (Å²) in [5, 5.41) is 6.42. The lowest BCUT2D eigenvalue weighted by Crippen LogP contribution is -2.58. The van der Waals surface area contributed by atoms with Gasteiger partial charge in [0.2, 0.25) is 21.8 Å². The number of carbonyl (C=O) groups is 3. The molecule has 0 radical (unpaired) electrons. The molecule has 3 N–H and O–H groups in total. The van der Waals surface area contributed by atoms with Crippen molar-refractivity contribution < 1.29 is 27.5 Å². The number of fused-ring (bicyclic) bond motifs is 3. The smallest absolute Gasteiger partial charge is 0.297 e. The van der Waals surface area contributed by atoms with E-state index in [1.54, 1.807) is 11.8 Å². The molecule has 5 atom stereocenters. The van der Waals surface area contributed by atoms with Crippen LogP contribution in [0.3, 0.4) is 0 Å². The third-order valence-electron chi connectivity index (χ3n) is 11.7. The Morgan fingerprint density at radius 2 is 1.78 bits per heavy atom. The summed E-state index contributed by atoms with van der Waals surface area (Å²) in [6.07, 6.45) is 8.69. The molecular weight excluding hydrogens is 705 g/mol. The van der Waals surface area contributed by atoms with Crippen LogP contribution in [0.15, 0.2) is 60.7 Å². The van der Waals surface area contributed by atoms with Gasteiger partial charge in [0.15, 0.2) is 0 Å². The van der Waals surface area contributed by atoms with Crippen molar-refractivity contribution >= 4 is 44.5 Å². The number of rotatable bonds is 9. The van der Waals surface area contributed by atoms with E-state index in [-0.39, 0.29) is 43.2 Å². The van der Waals surface area contributed by atoms with Crippen molar-refractivity contribution in [3.05, 3.63) is 66.2 Å². The van der Waals surface area contributed by atoms with Crippen molar-refractivity contribution in [2.75, 3.05) is 11.9 Å². The number of para-hydroxylation sites is 2. The van der Waals surface area contributed by atoms with Gasteiger partial charge in [-0.3, -0.25) is 23.7 Å². The van der Waals surface area contributed by atoms with Gasteiger partial charge in [-0.05, 0) is 89.0 Å². The molecule has 3 fully saturated rings. The van der Waals surface area contributed by atoms with Crippen LogP contribution >= 0.6 is 0 Å². The van der Waals surface area contributed by atoms with Gasteiger partial charge in [-0.25, -0.2) is 8.42 Å². The molecule has 1 saturated heterocycles. The first-order chi connectivity index (χ1) is 25.7. The van der Waals surface area contributed by atoms with Crippen molar-refractivity contribution in [2.45, 2.75) is 133 Å². The molecule has 54 heavy (non-hydrogen) atoms. The number of hydrogen-bond donors (Lipinski definition) is 3. The van der Waals surface area contributed by atoms with E-state index in [9.17, 15) is 22.8 Å². The largest absolute Gasteiger partial charge is 0.459 e. The van der Waals surface area contributed by atoms with Crippen LogP contribution in [0.1, 0.15) is 110 Å². The van der Waals surface area contributed by atoms with Crippen molar-refractivity contribution in [2.24, 2.45) is 5.92 Å². The molecule has 2 saturated carbocycles. The first-order valence-corrected chi connectivity index (χ1v) is 21.1. The summed E-state index contributed by atoms with van der Waals surface area (Å²) in [5.41, 5.74) is 2.28. The molecule has 4 aliphatic rings. The maximum Gasteiger partial charge on any atom is 0.297 e. The predicted octanol–water partition coefficient (Wildman–Crippen LogP) is 5.96. The molecule has 0 unspecified atom stereocenters. The van der Waals surface area contributed by atoms with E-state index in [0.717, 1.165) is 48.0 Å². The molecular formula is C41H54N6O6S. The van der Waals surface area contributed by atoms with Gasteiger partial charge >= 0.3 is 0 Å². The Balaban J connectivity index is 1.22. The van der Waals surface area contributed by atoms with E-state index in [4.69, 9.17) is 9.72 Å². The number of imidazole rings is 1. The Morgan fingerprint density at radius 3 is 2.48 bits per heavy atom. The fraction of sp³-hybridized carbons (Fsp3) is 0.561. The van der Waals surface area contributed by atoms with E-state index >= 15 is 0 Å². The normalized spacial score (nSPS) is 27.7. The molecule has 2 aliphatic carbocycles. The highest BCUT2D eigenvalue weighted by atomic mass is 32.2. The highest BCUT2D eigenvalue weighted by Gasteiger charge is 2.63. The van der Waals surface area contributed by atoms with Gasteiger partial charge in [-0.1, -0.05) is 69.2 Å². The average molecular weight is 759 g/mol. The van der Waals surface area contributed by atoms with Gasteiger partial charge in [0.25, 0.3) is 11.9 Å². The Hall–Kier alpha value is -4.39. The summed E-state index contributed by atoms with van der Waals surface area (Å²) in [4.78, 5) is 49.7. The number of sulfonamides is 1. The van der Waals surface area contributed by atoms with Crippen molar-refractivity contribution in [1.29, 1.82) is 0 Å². The summed E-state index contributed by atoms with van der Waals surface area (Å²) in [5.74, 6) is -1.61. The topological polar surface area (TPSA) is 152 Å². The van der Waals surface area contributed by atoms with Crippen LogP contribution in [-0.4, -0.2) is 75.6 Å².